The highest BCUT2D eigenvalue weighted by Gasteiger charge is 2.30. The Hall–Kier alpha value is -0.925. The van der Waals surface area contributed by atoms with Gasteiger partial charge in [-0.1, -0.05) is 6.82 Å². The van der Waals surface area contributed by atoms with Crippen LogP contribution in [0.1, 0.15) is 12.8 Å². The van der Waals surface area contributed by atoms with Crippen molar-refractivity contribution in [2.24, 2.45) is 0 Å². The molecule has 0 spiro atoms. The largest absolute Gasteiger partial charge is 0.409 e. The van der Waals surface area contributed by atoms with Crippen LogP contribution in [0, 0.1) is 0 Å². The van der Waals surface area contributed by atoms with Crippen molar-refractivity contribution in [1.82, 2.24) is 4.90 Å². The Morgan fingerprint density at radius 2 is 2.42 bits per heavy atom. The van der Waals surface area contributed by atoms with E-state index in [-0.39, 0.29) is 5.97 Å². The number of ether oxygens (including phenoxy) is 1. The standard InChI is InChI=1S/C8H11BNO2/c1-9-6-3-2-4-10-5-7(11)12-8(6)10/h2-5H2,1H3. The quantitative estimate of drug-likeness (QED) is 0.418. The molecule has 0 unspecified atom stereocenters. The fourth-order valence-electron chi connectivity index (χ4n) is 1.72. The SMILES string of the molecule is C[B]C1=C2OC(=O)CN2CCC1. The maximum absolute atomic E-state index is 11.0. The molecular weight excluding hydrogens is 153 g/mol. The molecule has 3 nitrogen and oxygen atoms in total. The minimum absolute atomic E-state index is 0.119. The minimum Gasteiger partial charge on any atom is -0.409 e. The van der Waals surface area contributed by atoms with Gasteiger partial charge < -0.3 is 9.64 Å². The summed E-state index contributed by atoms with van der Waals surface area (Å²) in [7, 11) is 2.03. The van der Waals surface area contributed by atoms with Gasteiger partial charge in [0.2, 0.25) is 0 Å². The van der Waals surface area contributed by atoms with Gasteiger partial charge in [-0.05, 0) is 18.3 Å². The molecule has 4 heteroatoms. The molecular formula is C8H11BNO2. The Kier molecular flexibility index (Phi) is 1.83. The first-order valence-corrected chi connectivity index (χ1v) is 4.29. The minimum atomic E-state index is -0.119. The summed E-state index contributed by atoms with van der Waals surface area (Å²) in [6.07, 6.45) is 2.16. The summed E-state index contributed by atoms with van der Waals surface area (Å²) in [6.45, 7) is 3.38. The smallest absolute Gasteiger partial charge is 0.332 e. The molecule has 0 atom stereocenters. The Labute approximate surface area is 72.6 Å². The van der Waals surface area contributed by atoms with Gasteiger partial charge in [0.15, 0.2) is 5.88 Å². The molecule has 0 bridgehead atoms. The molecule has 1 fully saturated rings. The van der Waals surface area contributed by atoms with Crippen LogP contribution in [0.5, 0.6) is 0 Å². The van der Waals surface area contributed by atoms with Gasteiger partial charge in [0, 0.05) is 6.54 Å². The van der Waals surface area contributed by atoms with Crippen molar-refractivity contribution >= 4 is 13.2 Å². The lowest BCUT2D eigenvalue weighted by molar-refractivity contribution is -0.134. The summed E-state index contributed by atoms with van der Waals surface area (Å²) in [6, 6.07) is 0. The Bertz CT molecular complexity index is 249. The first kappa shape index (κ1) is 7.71. The maximum atomic E-state index is 11.0. The first-order valence-electron chi connectivity index (χ1n) is 4.29. The van der Waals surface area contributed by atoms with E-state index in [9.17, 15) is 4.79 Å². The molecule has 63 valence electrons. The summed E-state index contributed by atoms with van der Waals surface area (Å²) in [4.78, 5) is 13.0. The monoisotopic (exact) mass is 164 g/mol. The Balaban J connectivity index is 2.28. The van der Waals surface area contributed by atoms with Crippen molar-refractivity contribution in [2.45, 2.75) is 19.7 Å². The molecule has 2 aliphatic heterocycles. The van der Waals surface area contributed by atoms with E-state index in [1.165, 1.54) is 5.47 Å². The molecule has 0 N–H and O–H groups in total. The van der Waals surface area contributed by atoms with E-state index in [0.717, 1.165) is 25.3 Å². The molecule has 0 aromatic heterocycles. The molecule has 2 aliphatic rings. The number of fused-ring (bicyclic) bond motifs is 1. The van der Waals surface area contributed by atoms with Gasteiger partial charge in [0.1, 0.15) is 13.8 Å². The molecule has 0 amide bonds. The predicted molar refractivity (Wildman–Crippen MR) is 45.5 cm³/mol. The topological polar surface area (TPSA) is 29.5 Å². The van der Waals surface area contributed by atoms with E-state index >= 15 is 0 Å². The van der Waals surface area contributed by atoms with Crippen LogP contribution < -0.4 is 0 Å². The van der Waals surface area contributed by atoms with Gasteiger partial charge in [-0.2, -0.15) is 0 Å². The third kappa shape index (κ3) is 1.11. The molecule has 2 heterocycles. The van der Waals surface area contributed by atoms with Gasteiger partial charge in [-0.3, -0.25) is 0 Å². The number of carbonyl (C=O) groups is 1. The second-order valence-electron chi connectivity index (χ2n) is 3.12. The van der Waals surface area contributed by atoms with E-state index in [0.29, 0.717) is 6.54 Å². The fourth-order valence-corrected chi connectivity index (χ4v) is 1.72. The zero-order chi connectivity index (χ0) is 8.55. The van der Waals surface area contributed by atoms with Crippen molar-refractivity contribution in [3.8, 4) is 0 Å². The lowest BCUT2D eigenvalue weighted by Crippen LogP contribution is -2.26. The second-order valence-corrected chi connectivity index (χ2v) is 3.12. The van der Waals surface area contributed by atoms with Crippen LogP contribution >= 0.6 is 0 Å². The number of allylic oxidation sites excluding steroid dienone is 1. The highest BCUT2D eigenvalue weighted by atomic mass is 16.6. The Morgan fingerprint density at radius 3 is 3.17 bits per heavy atom. The van der Waals surface area contributed by atoms with Gasteiger partial charge in [0.05, 0.1) is 0 Å². The average Bonchev–Trinajstić information content (AvgIpc) is 2.44. The molecule has 0 aromatic carbocycles. The predicted octanol–water partition coefficient (Wildman–Crippen LogP) is 0.560. The van der Waals surface area contributed by atoms with Gasteiger partial charge >= 0.3 is 5.97 Å². The van der Waals surface area contributed by atoms with Crippen LogP contribution in [0.4, 0.5) is 0 Å². The highest BCUT2D eigenvalue weighted by Crippen LogP contribution is 2.26. The summed E-state index contributed by atoms with van der Waals surface area (Å²) >= 11 is 0. The van der Waals surface area contributed by atoms with Crippen LogP contribution in [-0.2, 0) is 9.53 Å². The molecule has 0 aromatic rings. The Morgan fingerprint density at radius 1 is 1.58 bits per heavy atom. The number of nitrogens with zero attached hydrogens (tertiary/aromatic N) is 1. The van der Waals surface area contributed by atoms with Crippen LogP contribution in [0.25, 0.3) is 0 Å². The van der Waals surface area contributed by atoms with Crippen LogP contribution in [0.15, 0.2) is 11.4 Å². The first-order chi connectivity index (χ1) is 5.81. The van der Waals surface area contributed by atoms with Crippen molar-refractivity contribution in [3.63, 3.8) is 0 Å². The zero-order valence-corrected chi connectivity index (χ0v) is 7.17. The molecule has 1 radical (unpaired) electrons. The molecule has 1 saturated heterocycles. The fraction of sp³-hybridized carbons (Fsp3) is 0.625. The van der Waals surface area contributed by atoms with Crippen LogP contribution in [0.2, 0.25) is 6.82 Å². The van der Waals surface area contributed by atoms with Crippen molar-refractivity contribution in [3.05, 3.63) is 11.4 Å². The van der Waals surface area contributed by atoms with Gasteiger partial charge in [-0.15, -0.1) is 0 Å². The summed E-state index contributed by atoms with van der Waals surface area (Å²) in [5, 5.41) is 0. The zero-order valence-electron chi connectivity index (χ0n) is 7.17. The third-order valence-electron chi connectivity index (χ3n) is 2.31. The number of carbonyl (C=O) groups excluding carboxylic acids is 1. The second kappa shape index (κ2) is 2.85. The summed E-state index contributed by atoms with van der Waals surface area (Å²) < 4.78 is 5.10. The average molecular weight is 164 g/mol. The number of esters is 1. The van der Waals surface area contributed by atoms with Crippen molar-refractivity contribution < 1.29 is 9.53 Å². The number of hydrogen-bond donors (Lipinski definition) is 0. The van der Waals surface area contributed by atoms with Gasteiger partial charge in [0.25, 0.3) is 0 Å². The highest BCUT2D eigenvalue weighted by molar-refractivity contribution is 6.43. The van der Waals surface area contributed by atoms with Crippen molar-refractivity contribution in [1.29, 1.82) is 0 Å². The molecule has 0 saturated carbocycles. The van der Waals surface area contributed by atoms with E-state index in [1.54, 1.807) is 0 Å². The van der Waals surface area contributed by atoms with E-state index < -0.39 is 0 Å². The number of hydrogen-bond acceptors (Lipinski definition) is 3. The maximum Gasteiger partial charge on any atom is 0.332 e. The third-order valence-corrected chi connectivity index (χ3v) is 2.31. The van der Waals surface area contributed by atoms with E-state index in [4.69, 9.17) is 4.74 Å². The van der Waals surface area contributed by atoms with E-state index in [2.05, 4.69) is 0 Å². The normalized spacial score (nSPS) is 22.4. The lowest BCUT2D eigenvalue weighted by atomic mass is 9.69. The molecule has 12 heavy (non-hydrogen) atoms. The van der Waals surface area contributed by atoms with Crippen molar-refractivity contribution in [2.75, 3.05) is 13.1 Å². The lowest BCUT2D eigenvalue weighted by Gasteiger charge is -2.24. The van der Waals surface area contributed by atoms with Gasteiger partial charge in [-0.25, -0.2) is 4.79 Å². The van der Waals surface area contributed by atoms with Crippen LogP contribution in [-0.4, -0.2) is 31.2 Å². The van der Waals surface area contributed by atoms with E-state index in [1.807, 2.05) is 19.0 Å². The summed E-state index contributed by atoms with van der Waals surface area (Å²) in [5.41, 5.74) is 1.17. The van der Waals surface area contributed by atoms with Crippen LogP contribution in [0.3, 0.4) is 0 Å². The molecule has 0 aliphatic carbocycles. The molecule has 2 rings (SSSR count). The summed E-state index contributed by atoms with van der Waals surface area (Å²) in [5.74, 6) is 0.681. The number of rotatable bonds is 1.